The third-order valence-corrected chi connectivity index (χ3v) is 19.3. The molecule has 10 rings (SSSR count). The molecule has 0 spiro atoms. The number of nitriles is 1. The smallest absolute Gasteiger partial charge is 0.336 e. The lowest BCUT2D eigenvalue weighted by molar-refractivity contribution is 0.0682. The van der Waals surface area contributed by atoms with Gasteiger partial charge in [-0.3, -0.25) is 0 Å². The first-order valence-electron chi connectivity index (χ1n) is 29.6. The lowest BCUT2D eigenvalue weighted by Gasteiger charge is -2.10. The largest absolute Gasteiger partial charge is 0.493 e. The lowest BCUT2D eigenvalue weighted by Crippen LogP contribution is -1.98. The van der Waals surface area contributed by atoms with E-state index in [1.54, 1.807) is 149 Å². The minimum Gasteiger partial charge on any atom is -0.493 e. The zero-order chi connectivity index (χ0) is 72.1. The van der Waals surface area contributed by atoms with E-state index in [0.29, 0.717) is 50.7 Å². The molecule has 0 saturated heterocycles. The second kappa shape index (κ2) is 44.3. The number of methoxy groups -OCH3 is 10. The van der Waals surface area contributed by atoms with Crippen molar-refractivity contribution in [3.63, 3.8) is 0 Å². The molecule has 0 aliphatic carbocycles. The summed E-state index contributed by atoms with van der Waals surface area (Å²) in [5.74, 6) is 5.20. The van der Waals surface area contributed by atoms with Crippen LogP contribution in [0.3, 0.4) is 0 Å². The summed E-state index contributed by atoms with van der Waals surface area (Å²) in [4.78, 5) is 30.2. The predicted octanol–water partition coefficient (Wildman–Crippen LogP) is 19.7. The third kappa shape index (κ3) is 25.8. The molecule has 10 aromatic rings. The summed E-state index contributed by atoms with van der Waals surface area (Å²) in [5.41, 5.74) is 3.76. The van der Waals surface area contributed by atoms with E-state index < -0.39 is 11.9 Å². The van der Waals surface area contributed by atoms with Gasteiger partial charge >= 0.3 is 11.9 Å². The Kier molecular flexibility index (Phi) is 36.3. The molecule has 0 aliphatic heterocycles. The summed E-state index contributed by atoms with van der Waals surface area (Å²) in [6, 6.07) is 68.4. The Morgan fingerprint density at radius 2 is 0.677 bits per heavy atom. The molecule has 0 unspecified atom stereocenters. The van der Waals surface area contributed by atoms with E-state index in [-0.39, 0.29) is 17.7 Å². The van der Waals surface area contributed by atoms with Crippen LogP contribution in [0.5, 0.6) is 57.5 Å². The zero-order valence-corrected chi connectivity index (χ0v) is 63.2. The van der Waals surface area contributed by atoms with Crippen LogP contribution in [0, 0.1) is 11.3 Å². The molecular weight excluding hydrogens is 1490 g/mol. The van der Waals surface area contributed by atoms with Crippen molar-refractivity contribution in [2.24, 2.45) is 0 Å². The Morgan fingerprint density at radius 1 is 0.384 bits per heavy atom. The molecule has 99 heavy (non-hydrogen) atoms. The molecule has 0 aromatic heterocycles. The van der Waals surface area contributed by atoms with Crippen LogP contribution in [0.25, 0.3) is 0 Å². The normalized spacial score (nSPS) is 9.95. The molecule has 0 radical (unpaired) electrons. The number of carboxylic acids is 2. The standard InChI is InChI=1S/C16H15NO2S.C15H15BrO2S.C15H14O4S.C15H16O3S.C8H9BrO2.C7H6O2S/c1-18-14-8-7-13(11-15(14)19-2)20-16-6-4-3-5-12(16)9-10-17;1-17-13-8-7-12(9-14(13)18-2)19-15-6-4-3-5-11(15)10-16;1-18-12-8-7-10(9-13(12)19-2)20-14-6-4-3-5-11(14)15(16)17;1-17-13-8-7-12(9-14(13)18-2)19-15-6-4-3-5-11(15)10-16;1-10-7-4-3-6(9)5-8(7)11-2;8-7(9)5-3-1-2-4-6(5)10/h3-8,11H,9H2,1-2H3;3-9H,10H2,1-2H3;3-9H,1-2H3,(H,16,17);3-9,16H,10H2,1-2H3;3-5H,1-2H3;1-4,10H,(H,8,9). The number of aliphatic hydroxyl groups is 1. The Hall–Kier alpha value is -8.70. The van der Waals surface area contributed by atoms with Gasteiger partial charge in [0.1, 0.15) is 0 Å². The number of hydrogen-bond donors (Lipinski definition) is 4. The highest BCUT2D eigenvalue weighted by Crippen LogP contribution is 2.41. The van der Waals surface area contributed by atoms with E-state index in [0.717, 1.165) is 73.3 Å². The van der Waals surface area contributed by atoms with Crippen LogP contribution >= 0.6 is 91.5 Å². The number of alkyl halides is 1. The first-order valence-corrected chi connectivity index (χ1v) is 35.2. The maximum Gasteiger partial charge on any atom is 0.336 e. The number of hydrogen-bond acceptors (Lipinski definition) is 19. The first kappa shape index (κ1) is 81.0. The molecule has 3 N–H and O–H groups in total. The van der Waals surface area contributed by atoms with Crippen molar-refractivity contribution in [1.82, 2.24) is 0 Å². The Bertz CT molecular complexity index is 4130. The van der Waals surface area contributed by atoms with Crippen molar-refractivity contribution in [2.45, 2.75) is 62.4 Å². The Labute approximate surface area is 617 Å². The monoisotopic (exact) mass is 1560 g/mol. The second-order valence-electron chi connectivity index (χ2n) is 19.5. The lowest BCUT2D eigenvalue weighted by atomic mass is 10.2. The van der Waals surface area contributed by atoms with Crippen LogP contribution in [-0.2, 0) is 18.4 Å². The van der Waals surface area contributed by atoms with Gasteiger partial charge in [0.15, 0.2) is 57.5 Å². The minimum absolute atomic E-state index is 0.0382. The van der Waals surface area contributed by atoms with Crippen molar-refractivity contribution in [2.75, 3.05) is 71.1 Å². The molecule has 0 aliphatic rings. The highest BCUT2D eigenvalue weighted by molar-refractivity contribution is 9.10. The van der Waals surface area contributed by atoms with E-state index in [1.807, 2.05) is 140 Å². The maximum atomic E-state index is 11.2. The number of nitrogens with zero attached hydrogens (tertiary/aromatic N) is 1. The van der Waals surface area contributed by atoms with Crippen LogP contribution in [0.2, 0.25) is 0 Å². The summed E-state index contributed by atoms with van der Waals surface area (Å²) in [6.45, 7) is 0.0382. The molecule has 23 heteroatoms. The van der Waals surface area contributed by atoms with Gasteiger partial charge in [-0.15, -0.1) is 12.6 Å². The van der Waals surface area contributed by atoms with Gasteiger partial charge in [-0.25, -0.2) is 9.59 Å². The number of aliphatic hydroxyl groups excluding tert-OH is 1. The highest BCUT2D eigenvalue weighted by Gasteiger charge is 2.15. The van der Waals surface area contributed by atoms with Crippen LogP contribution in [0.4, 0.5) is 0 Å². The fourth-order valence-corrected chi connectivity index (χ4v) is 13.7. The van der Waals surface area contributed by atoms with Gasteiger partial charge in [0.2, 0.25) is 0 Å². The van der Waals surface area contributed by atoms with Gasteiger partial charge in [0.25, 0.3) is 0 Å². The van der Waals surface area contributed by atoms with Crippen LogP contribution in [0.1, 0.15) is 37.4 Å². The van der Waals surface area contributed by atoms with Crippen molar-refractivity contribution >= 4 is 103 Å². The summed E-state index contributed by atoms with van der Waals surface area (Å²) in [5, 5.41) is 36.7. The number of rotatable bonds is 23. The number of carboxylic acid groups (broad SMARTS) is 2. The highest BCUT2D eigenvalue weighted by atomic mass is 79.9. The Morgan fingerprint density at radius 3 is 1.02 bits per heavy atom. The molecular formula is C76H75Br2NO15S5. The van der Waals surface area contributed by atoms with Gasteiger partial charge < -0.3 is 62.7 Å². The van der Waals surface area contributed by atoms with Crippen molar-refractivity contribution in [1.29, 1.82) is 5.26 Å². The molecule has 0 amide bonds. The van der Waals surface area contributed by atoms with Gasteiger partial charge in [-0.05, 0) is 150 Å². The quantitative estimate of drug-likeness (QED) is 0.0346. The molecule has 0 heterocycles. The third-order valence-electron chi connectivity index (χ3n) is 13.4. The van der Waals surface area contributed by atoms with E-state index in [2.05, 4.69) is 74.8 Å². The number of ether oxygens (including phenoxy) is 10. The van der Waals surface area contributed by atoms with Crippen LogP contribution in [0.15, 0.2) is 261 Å². The van der Waals surface area contributed by atoms with E-state index in [1.165, 1.54) is 28.3 Å². The molecule has 0 bridgehead atoms. The average molecular weight is 1560 g/mol. The topological polar surface area (TPSA) is 211 Å². The zero-order valence-electron chi connectivity index (χ0n) is 55.9. The summed E-state index contributed by atoms with van der Waals surface area (Å²) in [6.07, 6.45) is 0.413. The van der Waals surface area contributed by atoms with Gasteiger partial charge in [0, 0.05) is 53.9 Å². The van der Waals surface area contributed by atoms with Crippen molar-refractivity contribution < 1.29 is 72.3 Å². The van der Waals surface area contributed by atoms with E-state index in [9.17, 15) is 14.7 Å². The van der Waals surface area contributed by atoms with Crippen molar-refractivity contribution in [3.8, 4) is 63.6 Å². The van der Waals surface area contributed by atoms with E-state index in [4.69, 9.17) is 62.8 Å². The van der Waals surface area contributed by atoms with Gasteiger partial charge in [0.05, 0.1) is 101 Å². The maximum absolute atomic E-state index is 11.2. The second-order valence-corrected chi connectivity index (χ2v) is 26.0. The molecule has 0 atom stereocenters. The fourth-order valence-electron chi connectivity index (χ4n) is 8.51. The number of thiol groups is 1. The van der Waals surface area contributed by atoms with Crippen molar-refractivity contribution in [3.05, 3.63) is 245 Å². The van der Waals surface area contributed by atoms with E-state index >= 15 is 0 Å². The molecule has 16 nitrogen and oxygen atoms in total. The minimum atomic E-state index is -0.939. The number of carbonyl (C=O) groups is 2. The summed E-state index contributed by atoms with van der Waals surface area (Å²) >= 11 is 17.1. The van der Waals surface area contributed by atoms with Gasteiger partial charge in [-0.1, -0.05) is 158 Å². The molecule has 10 aromatic carbocycles. The molecule has 0 fully saturated rings. The fraction of sp³-hybridized carbons (Fsp3) is 0.171. The number of benzene rings is 10. The molecule has 518 valence electrons. The predicted molar refractivity (Wildman–Crippen MR) is 403 cm³/mol. The van der Waals surface area contributed by atoms with Crippen LogP contribution < -0.4 is 47.4 Å². The SMILES string of the molecule is COc1ccc(Br)cc1OC.COc1ccc(Sc2ccccc2C(=O)O)cc1OC.COc1ccc(Sc2ccccc2CBr)cc1OC.COc1ccc(Sc2ccccc2CC#N)cc1OC.COc1ccc(Sc2ccccc2CO)cc1OC.O=C(O)c1ccccc1S. The summed E-state index contributed by atoms with van der Waals surface area (Å²) < 4.78 is 53.1. The Balaban J connectivity index is 0.000000218. The first-order chi connectivity index (χ1) is 48.0. The average Bonchev–Trinajstić information content (AvgIpc) is 0.901. The molecule has 0 saturated carbocycles. The summed E-state index contributed by atoms with van der Waals surface area (Å²) in [7, 11) is 16.1. The number of aromatic carboxylic acids is 2. The van der Waals surface area contributed by atoms with Crippen LogP contribution in [-0.4, -0.2) is 98.4 Å². The van der Waals surface area contributed by atoms with Gasteiger partial charge in [-0.2, -0.15) is 5.26 Å². The number of halogens is 2.